The number of non-ortho nitro benzene ring substituents is 1. The molecular weight excluding hydrogens is 308 g/mol. The summed E-state index contributed by atoms with van der Waals surface area (Å²) in [6.07, 6.45) is 3.97. The van der Waals surface area contributed by atoms with Crippen LogP contribution in [0.1, 0.15) is 31.7 Å². The maximum atomic E-state index is 10.7. The van der Waals surface area contributed by atoms with Crippen molar-refractivity contribution in [1.82, 2.24) is 5.32 Å². The van der Waals surface area contributed by atoms with E-state index in [1.54, 1.807) is 12.1 Å². The third-order valence-electron chi connectivity index (χ3n) is 3.80. The lowest BCUT2D eigenvalue weighted by molar-refractivity contribution is -0.384. The molecule has 0 heterocycles. The summed E-state index contributed by atoms with van der Waals surface area (Å²) in [7, 11) is 0. The number of nitro benzene ring substituents is 1. The van der Waals surface area contributed by atoms with Crippen molar-refractivity contribution >= 4 is 21.6 Å². The Balaban J connectivity index is 1.84. The Morgan fingerprint density at radius 1 is 1.47 bits per heavy atom. The van der Waals surface area contributed by atoms with Crippen LogP contribution in [-0.4, -0.2) is 11.5 Å². The van der Waals surface area contributed by atoms with E-state index in [9.17, 15) is 10.1 Å². The molecule has 19 heavy (non-hydrogen) atoms. The van der Waals surface area contributed by atoms with Crippen LogP contribution >= 0.6 is 15.9 Å². The Morgan fingerprint density at radius 3 is 2.84 bits per heavy atom. The van der Waals surface area contributed by atoms with Gasteiger partial charge in [-0.3, -0.25) is 10.1 Å². The van der Waals surface area contributed by atoms with Crippen molar-refractivity contribution in [2.24, 2.45) is 11.8 Å². The lowest BCUT2D eigenvalue weighted by atomic mass is 10.1. The number of nitrogens with one attached hydrogen (secondary N) is 1. The second kappa shape index (κ2) is 6.48. The number of benzene rings is 1. The first-order valence-electron chi connectivity index (χ1n) is 6.70. The Bertz CT molecular complexity index is 465. The fraction of sp³-hybridized carbons (Fsp3) is 0.571. The van der Waals surface area contributed by atoms with Gasteiger partial charge in [-0.15, -0.1) is 0 Å². The van der Waals surface area contributed by atoms with Gasteiger partial charge in [0.25, 0.3) is 5.69 Å². The minimum absolute atomic E-state index is 0.125. The van der Waals surface area contributed by atoms with Gasteiger partial charge in [0.15, 0.2) is 0 Å². The zero-order valence-corrected chi connectivity index (χ0v) is 12.6. The quantitative estimate of drug-likeness (QED) is 0.659. The van der Waals surface area contributed by atoms with Crippen LogP contribution in [0.4, 0.5) is 5.69 Å². The monoisotopic (exact) mass is 326 g/mol. The van der Waals surface area contributed by atoms with Crippen LogP contribution in [0.5, 0.6) is 0 Å². The number of halogens is 1. The summed E-state index contributed by atoms with van der Waals surface area (Å²) in [5.74, 6) is 1.64. The Kier molecular flexibility index (Phi) is 4.93. The molecule has 0 amide bonds. The Labute approximate surface area is 121 Å². The number of nitro groups is 1. The lowest BCUT2D eigenvalue weighted by Crippen LogP contribution is -2.21. The van der Waals surface area contributed by atoms with Gasteiger partial charge in [-0.2, -0.15) is 0 Å². The minimum Gasteiger partial charge on any atom is -0.312 e. The van der Waals surface area contributed by atoms with Crippen LogP contribution in [0.15, 0.2) is 22.7 Å². The van der Waals surface area contributed by atoms with Crippen molar-refractivity contribution in [2.75, 3.05) is 6.54 Å². The van der Waals surface area contributed by atoms with E-state index in [4.69, 9.17) is 0 Å². The van der Waals surface area contributed by atoms with Crippen molar-refractivity contribution in [3.63, 3.8) is 0 Å². The molecule has 1 aliphatic carbocycles. The second-order valence-corrected chi connectivity index (χ2v) is 6.30. The molecule has 1 saturated carbocycles. The zero-order chi connectivity index (χ0) is 13.8. The van der Waals surface area contributed by atoms with Gasteiger partial charge in [0.05, 0.1) is 4.92 Å². The molecule has 0 bridgehead atoms. The summed E-state index contributed by atoms with van der Waals surface area (Å²) >= 11 is 3.39. The van der Waals surface area contributed by atoms with Crippen LogP contribution in [-0.2, 0) is 6.54 Å². The van der Waals surface area contributed by atoms with E-state index < -0.39 is 0 Å². The Morgan fingerprint density at radius 2 is 2.26 bits per heavy atom. The van der Waals surface area contributed by atoms with E-state index in [1.807, 2.05) is 6.07 Å². The average Bonchev–Trinajstić information content (AvgIpc) is 2.77. The van der Waals surface area contributed by atoms with E-state index >= 15 is 0 Å². The van der Waals surface area contributed by atoms with Crippen molar-refractivity contribution in [1.29, 1.82) is 0 Å². The summed E-state index contributed by atoms with van der Waals surface area (Å²) in [6, 6.07) is 4.93. The van der Waals surface area contributed by atoms with Gasteiger partial charge in [-0.25, -0.2) is 0 Å². The molecule has 1 fully saturated rings. The fourth-order valence-corrected chi connectivity index (χ4v) is 3.22. The molecule has 0 saturated heterocycles. The Hall–Kier alpha value is -0.940. The maximum Gasteiger partial charge on any atom is 0.270 e. The first-order chi connectivity index (χ1) is 9.06. The first kappa shape index (κ1) is 14.5. The summed E-state index contributed by atoms with van der Waals surface area (Å²) < 4.78 is 0.800. The van der Waals surface area contributed by atoms with E-state index in [-0.39, 0.29) is 10.6 Å². The number of rotatable bonds is 5. The molecule has 1 N–H and O–H groups in total. The van der Waals surface area contributed by atoms with Crippen LogP contribution in [0.2, 0.25) is 0 Å². The highest BCUT2D eigenvalue weighted by atomic mass is 79.9. The van der Waals surface area contributed by atoms with E-state index in [0.717, 1.165) is 35.0 Å². The van der Waals surface area contributed by atoms with Gasteiger partial charge in [0.1, 0.15) is 0 Å². The SMILES string of the molecule is CC1CCC(CNCc2ccc([N+](=O)[O-])cc2Br)C1. The molecule has 0 spiro atoms. The third-order valence-corrected chi connectivity index (χ3v) is 4.54. The molecule has 2 atom stereocenters. The van der Waals surface area contributed by atoms with Gasteiger partial charge in [-0.05, 0) is 42.9 Å². The molecule has 104 valence electrons. The zero-order valence-electron chi connectivity index (χ0n) is 11.1. The molecule has 0 radical (unpaired) electrons. The predicted octanol–water partition coefficient (Wildman–Crippen LogP) is 3.88. The number of hydrogen-bond acceptors (Lipinski definition) is 3. The fourth-order valence-electron chi connectivity index (χ4n) is 2.71. The molecule has 1 aromatic rings. The second-order valence-electron chi connectivity index (χ2n) is 5.45. The minimum atomic E-state index is -0.373. The lowest BCUT2D eigenvalue weighted by Gasteiger charge is -2.11. The van der Waals surface area contributed by atoms with E-state index in [2.05, 4.69) is 28.2 Å². The number of nitrogens with zero attached hydrogens (tertiary/aromatic N) is 1. The van der Waals surface area contributed by atoms with Crippen molar-refractivity contribution in [3.8, 4) is 0 Å². The molecule has 1 aliphatic rings. The molecular formula is C14H19BrN2O2. The summed E-state index contributed by atoms with van der Waals surface area (Å²) in [4.78, 5) is 10.3. The highest BCUT2D eigenvalue weighted by molar-refractivity contribution is 9.10. The highest BCUT2D eigenvalue weighted by Crippen LogP contribution is 2.29. The van der Waals surface area contributed by atoms with Crippen molar-refractivity contribution < 1.29 is 4.92 Å². The molecule has 2 unspecified atom stereocenters. The van der Waals surface area contributed by atoms with Crippen LogP contribution in [0.3, 0.4) is 0 Å². The molecule has 1 aromatic carbocycles. The van der Waals surface area contributed by atoms with E-state index in [1.165, 1.54) is 19.3 Å². The van der Waals surface area contributed by atoms with Gasteiger partial charge < -0.3 is 5.32 Å². The van der Waals surface area contributed by atoms with Gasteiger partial charge >= 0.3 is 0 Å². The van der Waals surface area contributed by atoms with Gasteiger partial charge in [0.2, 0.25) is 0 Å². The third kappa shape index (κ3) is 4.01. The molecule has 5 heteroatoms. The van der Waals surface area contributed by atoms with Crippen LogP contribution < -0.4 is 5.32 Å². The summed E-state index contributed by atoms with van der Waals surface area (Å²) in [6.45, 7) is 4.10. The molecule has 2 rings (SSSR count). The summed E-state index contributed by atoms with van der Waals surface area (Å²) in [5, 5.41) is 14.1. The molecule has 0 aliphatic heterocycles. The van der Waals surface area contributed by atoms with Gasteiger partial charge in [-0.1, -0.05) is 29.3 Å². The normalized spacial score (nSPS) is 22.6. The van der Waals surface area contributed by atoms with Crippen LogP contribution in [0, 0.1) is 22.0 Å². The first-order valence-corrected chi connectivity index (χ1v) is 7.49. The van der Waals surface area contributed by atoms with Crippen molar-refractivity contribution in [3.05, 3.63) is 38.3 Å². The standard InChI is InChI=1S/C14H19BrN2O2/c1-10-2-3-11(6-10)8-16-9-12-4-5-13(17(18)19)7-14(12)15/h4-5,7,10-11,16H,2-3,6,8-9H2,1H3. The average molecular weight is 327 g/mol. The topological polar surface area (TPSA) is 55.2 Å². The molecule has 0 aromatic heterocycles. The van der Waals surface area contributed by atoms with Crippen molar-refractivity contribution in [2.45, 2.75) is 32.7 Å². The van der Waals surface area contributed by atoms with E-state index in [0.29, 0.717) is 0 Å². The van der Waals surface area contributed by atoms with Crippen LogP contribution in [0.25, 0.3) is 0 Å². The highest BCUT2D eigenvalue weighted by Gasteiger charge is 2.20. The summed E-state index contributed by atoms with van der Waals surface area (Å²) in [5.41, 5.74) is 1.19. The largest absolute Gasteiger partial charge is 0.312 e. The van der Waals surface area contributed by atoms with Gasteiger partial charge in [0, 0.05) is 23.2 Å². The maximum absolute atomic E-state index is 10.7. The number of hydrogen-bond donors (Lipinski definition) is 1. The predicted molar refractivity (Wildman–Crippen MR) is 79.0 cm³/mol. The smallest absolute Gasteiger partial charge is 0.270 e. The molecule has 4 nitrogen and oxygen atoms in total.